The maximum atomic E-state index is 12.5. The van der Waals surface area contributed by atoms with E-state index >= 15 is 0 Å². The SMILES string of the molecule is CCC1CCC(C(NC(=O)OCC2c3ccccc3-c3ccccc32)C(=O)O)CC1. The van der Waals surface area contributed by atoms with Crippen LogP contribution in [0.25, 0.3) is 11.1 Å². The second-order valence-electron chi connectivity index (χ2n) is 8.47. The summed E-state index contributed by atoms with van der Waals surface area (Å²) < 4.78 is 5.54. The Morgan fingerprint density at radius 3 is 2.10 bits per heavy atom. The van der Waals surface area contributed by atoms with Gasteiger partial charge in [-0.15, -0.1) is 0 Å². The lowest BCUT2D eigenvalue weighted by Crippen LogP contribution is -2.47. The van der Waals surface area contributed by atoms with Gasteiger partial charge in [0.25, 0.3) is 0 Å². The number of aliphatic carboxylic acids is 1. The molecule has 2 aromatic rings. The van der Waals surface area contributed by atoms with E-state index in [1.807, 2.05) is 24.3 Å². The summed E-state index contributed by atoms with van der Waals surface area (Å²) >= 11 is 0. The average Bonchev–Trinajstić information content (AvgIpc) is 3.10. The molecule has 5 heteroatoms. The third kappa shape index (κ3) is 4.07. The van der Waals surface area contributed by atoms with Gasteiger partial charge in [0.15, 0.2) is 0 Å². The molecule has 2 aliphatic carbocycles. The molecule has 0 heterocycles. The maximum Gasteiger partial charge on any atom is 0.407 e. The first-order chi connectivity index (χ1) is 14.6. The van der Waals surface area contributed by atoms with Crippen LogP contribution in [0, 0.1) is 11.8 Å². The topological polar surface area (TPSA) is 75.6 Å². The minimum absolute atomic E-state index is 0.0357. The molecule has 2 aromatic carbocycles. The zero-order chi connectivity index (χ0) is 21.1. The Labute approximate surface area is 177 Å². The molecule has 1 amide bonds. The molecule has 30 heavy (non-hydrogen) atoms. The standard InChI is InChI=1S/C25H29NO4/c1-2-16-11-13-17(14-12-16)23(24(27)28)26-25(29)30-15-22-20-9-5-3-7-18(20)19-8-4-6-10-21(19)22/h3-10,16-17,22-23H,2,11-15H2,1H3,(H,26,29)(H,27,28). The molecule has 1 unspecified atom stereocenters. The van der Waals surface area contributed by atoms with Gasteiger partial charge >= 0.3 is 12.1 Å². The molecule has 2 aliphatic rings. The second kappa shape index (κ2) is 8.90. The Morgan fingerprint density at radius 1 is 1.00 bits per heavy atom. The van der Waals surface area contributed by atoms with E-state index in [-0.39, 0.29) is 18.4 Å². The number of hydrogen-bond donors (Lipinski definition) is 2. The van der Waals surface area contributed by atoms with Gasteiger partial charge in [-0.3, -0.25) is 0 Å². The van der Waals surface area contributed by atoms with Gasteiger partial charge in [0.1, 0.15) is 12.6 Å². The molecule has 4 rings (SSSR count). The van der Waals surface area contributed by atoms with E-state index in [0.717, 1.165) is 43.2 Å². The number of ether oxygens (including phenoxy) is 1. The first-order valence-electron chi connectivity index (χ1n) is 10.9. The van der Waals surface area contributed by atoms with Crippen LogP contribution in [-0.2, 0) is 9.53 Å². The molecule has 1 atom stereocenters. The molecule has 0 aromatic heterocycles. The molecule has 0 radical (unpaired) electrons. The molecule has 1 saturated carbocycles. The summed E-state index contributed by atoms with van der Waals surface area (Å²) in [6, 6.07) is 15.4. The summed E-state index contributed by atoms with van der Waals surface area (Å²) in [5.41, 5.74) is 4.61. The third-order valence-electron chi connectivity index (χ3n) is 6.82. The van der Waals surface area contributed by atoms with Gasteiger partial charge in [-0.05, 0) is 46.9 Å². The van der Waals surface area contributed by atoms with Gasteiger partial charge in [-0.25, -0.2) is 9.59 Å². The number of carboxylic acid groups (broad SMARTS) is 1. The third-order valence-corrected chi connectivity index (χ3v) is 6.82. The number of carboxylic acids is 1. The van der Waals surface area contributed by atoms with Crippen LogP contribution >= 0.6 is 0 Å². The van der Waals surface area contributed by atoms with E-state index in [4.69, 9.17) is 4.74 Å². The van der Waals surface area contributed by atoms with E-state index in [0.29, 0.717) is 5.92 Å². The lowest BCUT2D eigenvalue weighted by Gasteiger charge is -2.31. The van der Waals surface area contributed by atoms with Crippen molar-refractivity contribution in [1.82, 2.24) is 5.32 Å². The lowest BCUT2D eigenvalue weighted by molar-refractivity contribution is -0.141. The number of carbonyl (C=O) groups is 2. The predicted octanol–water partition coefficient (Wildman–Crippen LogP) is 5.19. The minimum atomic E-state index is -0.983. The van der Waals surface area contributed by atoms with E-state index in [1.54, 1.807) is 0 Å². The molecule has 0 bridgehead atoms. The van der Waals surface area contributed by atoms with Crippen LogP contribution in [0.3, 0.4) is 0 Å². The summed E-state index contributed by atoms with van der Waals surface area (Å²) in [5, 5.41) is 12.3. The van der Waals surface area contributed by atoms with Crippen LogP contribution in [0.4, 0.5) is 4.79 Å². The van der Waals surface area contributed by atoms with Crippen LogP contribution < -0.4 is 5.32 Å². The second-order valence-corrected chi connectivity index (χ2v) is 8.47. The number of carbonyl (C=O) groups excluding carboxylic acids is 1. The molecule has 0 saturated heterocycles. The molecule has 1 fully saturated rings. The average molecular weight is 408 g/mol. The van der Waals surface area contributed by atoms with Crippen molar-refractivity contribution in [2.24, 2.45) is 11.8 Å². The van der Waals surface area contributed by atoms with Gasteiger partial charge < -0.3 is 15.2 Å². The van der Waals surface area contributed by atoms with Crippen LogP contribution in [0.2, 0.25) is 0 Å². The van der Waals surface area contributed by atoms with Gasteiger partial charge in [0, 0.05) is 5.92 Å². The Morgan fingerprint density at radius 2 is 1.57 bits per heavy atom. The first kappa shape index (κ1) is 20.5. The fraction of sp³-hybridized carbons (Fsp3) is 0.440. The smallest absolute Gasteiger partial charge is 0.407 e. The highest BCUT2D eigenvalue weighted by molar-refractivity contribution is 5.81. The number of fused-ring (bicyclic) bond motifs is 3. The summed E-state index contributed by atoms with van der Waals surface area (Å²) in [5.74, 6) is -0.384. The van der Waals surface area contributed by atoms with Crippen LogP contribution in [0.1, 0.15) is 56.1 Å². The van der Waals surface area contributed by atoms with Crippen LogP contribution in [0.15, 0.2) is 48.5 Å². The van der Waals surface area contributed by atoms with E-state index in [1.165, 1.54) is 11.1 Å². The van der Waals surface area contributed by atoms with Gasteiger partial charge in [-0.2, -0.15) is 0 Å². The number of amides is 1. The van der Waals surface area contributed by atoms with Crippen molar-refractivity contribution >= 4 is 12.1 Å². The zero-order valence-electron chi connectivity index (χ0n) is 17.3. The number of alkyl carbamates (subject to hydrolysis) is 1. The quantitative estimate of drug-likeness (QED) is 0.691. The summed E-state index contributed by atoms with van der Waals surface area (Å²) in [6.45, 7) is 2.36. The highest BCUT2D eigenvalue weighted by Gasteiger charge is 2.34. The fourth-order valence-corrected chi connectivity index (χ4v) is 5.08. The predicted molar refractivity (Wildman–Crippen MR) is 115 cm³/mol. The normalized spacial score (nSPS) is 21.4. The minimum Gasteiger partial charge on any atom is -0.480 e. The molecular formula is C25H29NO4. The first-order valence-corrected chi connectivity index (χ1v) is 10.9. The number of rotatable bonds is 6. The van der Waals surface area contributed by atoms with Gasteiger partial charge in [0.05, 0.1) is 0 Å². The fourth-order valence-electron chi connectivity index (χ4n) is 5.08. The van der Waals surface area contributed by atoms with Crippen molar-refractivity contribution < 1.29 is 19.4 Å². The Hall–Kier alpha value is -2.82. The van der Waals surface area contributed by atoms with Crippen molar-refractivity contribution in [3.63, 3.8) is 0 Å². The van der Waals surface area contributed by atoms with Crippen molar-refractivity contribution in [3.05, 3.63) is 59.7 Å². The number of benzene rings is 2. The zero-order valence-corrected chi connectivity index (χ0v) is 17.3. The van der Waals surface area contributed by atoms with Crippen LogP contribution in [0.5, 0.6) is 0 Å². The van der Waals surface area contributed by atoms with Crippen LogP contribution in [-0.4, -0.2) is 29.8 Å². The highest BCUT2D eigenvalue weighted by atomic mass is 16.5. The largest absolute Gasteiger partial charge is 0.480 e. The van der Waals surface area contributed by atoms with Gasteiger partial charge in [0.2, 0.25) is 0 Å². The van der Waals surface area contributed by atoms with Gasteiger partial charge in [-0.1, -0.05) is 74.7 Å². The highest BCUT2D eigenvalue weighted by Crippen LogP contribution is 2.44. The van der Waals surface area contributed by atoms with E-state index in [9.17, 15) is 14.7 Å². The molecule has 0 spiro atoms. The molecule has 158 valence electrons. The van der Waals surface area contributed by atoms with E-state index < -0.39 is 18.1 Å². The maximum absolute atomic E-state index is 12.5. The molecular weight excluding hydrogens is 378 g/mol. The molecule has 5 nitrogen and oxygen atoms in total. The van der Waals surface area contributed by atoms with Crippen molar-refractivity contribution in [3.8, 4) is 11.1 Å². The van der Waals surface area contributed by atoms with Crippen molar-refractivity contribution in [2.75, 3.05) is 6.61 Å². The summed E-state index contributed by atoms with van der Waals surface area (Å²) in [4.78, 5) is 24.3. The summed E-state index contributed by atoms with van der Waals surface area (Å²) in [7, 11) is 0. The number of nitrogens with one attached hydrogen (secondary N) is 1. The molecule has 2 N–H and O–H groups in total. The Kier molecular flexibility index (Phi) is 6.07. The number of hydrogen-bond acceptors (Lipinski definition) is 3. The van der Waals surface area contributed by atoms with E-state index in [2.05, 4.69) is 36.5 Å². The monoisotopic (exact) mass is 407 g/mol. The Balaban J connectivity index is 1.40. The summed E-state index contributed by atoms with van der Waals surface area (Å²) in [6.07, 6.45) is 4.19. The van der Waals surface area contributed by atoms with Crippen molar-refractivity contribution in [1.29, 1.82) is 0 Å². The van der Waals surface area contributed by atoms with Crippen molar-refractivity contribution in [2.45, 2.75) is 51.0 Å². The molecule has 0 aliphatic heterocycles. The lowest BCUT2D eigenvalue weighted by atomic mass is 9.77. The Bertz CT molecular complexity index is 871.